The van der Waals surface area contributed by atoms with Crippen LogP contribution in [-0.4, -0.2) is 5.97 Å². The highest BCUT2D eigenvalue weighted by molar-refractivity contribution is 9.08. The first kappa shape index (κ1) is 15.3. The van der Waals surface area contributed by atoms with E-state index < -0.39 is 0 Å². The predicted octanol–water partition coefficient (Wildman–Crippen LogP) is 3.93. The van der Waals surface area contributed by atoms with Crippen LogP contribution in [0.3, 0.4) is 0 Å². The van der Waals surface area contributed by atoms with E-state index in [1.54, 1.807) is 0 Å². The summed E-state index contributed by atoms with van der Waals surface area (Å²) in [5.41, 5.74) is 3.33. The van der Waals surface area contributed by atoms with Gasteiger partial charge in [-0.2, -0.15) is 0 Å². The first-order valence-electron chi connectivity index (χ1n) is 5.52. The normalized spacial score (nSPS) is 9.83. The number of benzene rings is 1. The quantitative estimate of drug-likeness (QED) is 0.429. The summed E-state index contributed by atoms with van der Waals surface area (Å²) in [5.74, 6) is 2.17. The van der Waals surface area contributed by atoms with Crippen LogP contribution in [0.15, 0.2) is 18.2 Å². The maximum atomic E-state index is 11.3. The van der Waals surface area contributed by atoms with Crippen LogP contribution in [0.5, 0.6) is 0 Å². The second kappa shape index (κ2) is 8.34. The van der Waals surface area contributed by atoms with Crippen molar-refractivity contribution in [2.45, 2.75) is 30.1 Å². The highest BCUT2D eigenvalue weighted by atomic mass is 79.9. The second-order valence-electron chi connectivity index (χ2n) is 3.79. The lowest BCUT2D eigenvalue weighted by Gasteiger charge is -2.08. The number of rotatable bonds is 6. The number of terminal acetylenes is 1. The molecule has 0 amide bonds. The number of hydrogen-bond acceptors (Lipinski definition) is 2. The van der Waals surface area contributed by atoms with E-state index in [1.807, 2.05) is 12.1 Å². The van der Waals surface area contributed by atoms with Crippen molar-refractivity contribution in [3.05, 3.63) is 34.9 Å². The third-order valence-electron chi connectivity index (χ3n) is 2.29. The highest BCUT2D eigenvalue weighted by Gasteiger charge is 2.04. The average molecular weight is 374 g/mol. The lowest BCUT2D eigenvalue weighted by atomic mass is 10.1. The Labute approximate surface area is 124 Å². The van der Waals surface area contributed by atoms with Gasteiger partial charge in [-0.15, -0.1) is 12.3 Å². The van der Waals surface area contributed by atoms with Gasteiger partial charge in [-0.25, -0.2) is 0 Å². The van der Waals surface area contributed by atoms with Crippen LogP contribution < -0.4 is 0 Å². The van der Waals surface area contributed by atoms with E-state index in [2.05, 4.69) is 43.8 Å². The molecule has 0 aliphatic carbocycles. The smallest absolute Gasteiger partial charge is 0.307 e. The van der Waals surface area contributed by atoms with Crippen molar-refractivity contribution in [3.63, 3.8) is 0 Å². The molecular formula is C14H14Br2O2. The fourth-order valence-corrected chi connectivity index (χ4v) is 2.13. The molecule has 96 valence electrons. The van der Waals surface area contributed by atoms with Gasteiger partial charge in [-0.3, -0.25) is 4.79 Å². The van der Waals surface area contributed by atoms with E-state index >= 15 is 0 Å². The first-order chi connectivity index (χ1) is 8.69. The maximum Gasteiger partial charge on any atom is 0.307 e. The third-order valence-corrected chi connectivity index (χ3v) is 3.59. The molecule has 0 heterocycles. The molecule has 0 fully saturated rings. The predicted molar refractivity (Wildman–Crippen MR) is 79.6 cm³/mol. The zero-order valence-electron chi connectivity index (χ0n) is 9.92. The molecule has 0 saturated carbocycles. The molecule has 0 spiro atoms. The molecule has 0 aliphatic heterocycles. The van der Waals surface area contributed by atoms with Crippen LogP contribution in [0.25, 0.3) is 0 Å². The second-order valence-corrected chi connectivity index (χ2v) is 4.91. The molecule has 0 atom stereocenters. The van der Waals surface area contributed by atoms with E-state index in [9.17, 15) is 4.79 Å². The van der Waals surface area contributed by atoms with Crippen molar-refractivity contribution in [1.29, 1.82) is 0 Å². The van der Waals surface area contributed by atoms with Gasteiger partial charge in [-0.05, 0) is 16.7 Å². The van der Waals surface area contributed by atoms with Crippen LogP contribution in [-0.2, 0) is 26.8 Å². The van der Waals surface area contributed by atoms with Crippen molar-refractivity contribution < 1.29 is 9.53 Å². The Morgan fingerprint density at radius 1 is 1.17 bits per heavy atom. The van der Waals surface area contributed by atoms with Gasteiger partial charge in [0.15, 0.2) is 0 Å². The zero-order chi connectivity index (χ0) is 13.4. The van der Waals surface area contributed by atoms with Gasteiger partial charge in [0.05, 0.1) is 6.42 Å². The Bertz CT molecular complexity index is 427. The van der Waals surface area contributed by atoms with Crippen molar-refractivity contribution in [3.8, 4) is 12.3 Å². The molecule has 1 rings (SSSR count). The number of alkyl halides is 2. The van der Waals surface area contributed by atoms with E-state index in [1.165, 1.54) is 11.1 Å². The molecule has 0 radical (unpaired) electrons. The largest absolute Gasteiger partial charge is 0.461 e. The zero-order valence-corrected chi connectivity index (χ0v) is 13.1. The number of ether oxygens (including phenoxy) is 1. The van der Waals surface area contributed by atoms with Gasteiger partial charge < -0.3 is 4.74 Å². The van der Waals surface area contributed by atoms with Gasteiger partial charge in [0.1, 0.15) is 6.61 Å². The molecular weight excluding hydrogens is 360 g/mol. The maximum absolute atomic E-state index is 11.3. The highest BCUT2D eigenvalue weighted by Crippen LogP contribution is 2.16. The molecule has 1 aromatic rings. The molecule has 4 heteroatoms. The molecule has 0 aromatic heterocycles. The van der Waals surface area contributed by atoms with Crippen LogP contribution in [0.1, 0.15) is 29.5 Å². The van der Waals surface area contributed by atoms with Crippen LogP contribution in [0.4, 0.5) is 0 Å². The third kappa shape index (κ3) is 5.24. The van der Waals surface area contributed by atoms with E-state index in [0.717, 1.165) is 16.2 Å². The average Bonchev–Trinajstić information content (AvgIpc) is 2.42. The summed E-state index contributed by atoms with van der Waals surface area (Å²) in [6.07, 6.45) is 5.79. The fraction of sp³-hybridized carbons (Fsp3) is 0.357. The topological polar surface area (TPSA) is 26.3 Å². The lowest BCUT2D eigenvalue weighted by Crippen LogP contribution is -2.04. The molecule has 0 aliphatic rings. The van der Waals surface area contributed by atoms with Gasteiger partial charge in [0.2, 0.25) is 0 Å². The number of carbonyl (C=O) groups is 1. The Morgan fingerprint density at radius 2 is 1.72 bits per heavy atom. The number of halogens is 2. The van der Waals surface area contributed by atoms with Gasteiger partial charge in [0.25, 0.3) is 0 Å². The summed E-state index contributed by atoms with van der Waals surface area (Å²) in [7, 11) is 0. The number of hydrogen-bond donors (Lipinski definition) is 0. The van der Waals surface area contributed by atoms with Crippen molar-refractivity contribution in [2.75, 3.05) is 0 Å². The first-order valence-corrected chi connectivity index (χ1v) is 7.76. The van der Waals surface area contributed by atoms with Crippen LogP contribution >= 0.6 is 31.9 Å². The number of esters is 1. The Morgan fingerprint density at radius 3 is 2.22 bits per heavy atom. The summed E-state index contributed by atoms with van der Waals surface area (Å²) in [4.78, 5) is 11.3. The van der Waals surface area contributed by atoms with Crippen molar-refractivity contribution in [2.24, 2.45) is 0 Å². The molecule has 1 aromatic carbocycles. The van der Waals surface area contributed by atoms with Crippen LogP contribution in [0.2, 0.25) is 0 Å². The molecule has 18 heavy (non-hydrogen) atoms. The van der Waals surface area contributed by atoms with Gasteiger partial charge in [-0.1, -0.05) is 50.1 Å². The summed E-state index contributed by atoms with van der Waals surface area (Å²) in [6.45, 7) is 0.296. The Kier molecular flexibility index (Phi) is 7.07. The van der Waals surface area contributed by atoms with Gasteiger partial charge in [0, 0.05) is 17.1 Å². The fourth-order valence-electron chi connectivity index (χ4n) is 1.49. The van der Waals surface area contributed by atoms with E-state index in [-0.39, 0.29) is 12.4 Å². The standard InChI is InChI=1S/C14H14Br2O2/c1-2-3-4-14(17)18-10-13-6-11(8-15)5-12(7-13)9-16/h1,5-7H,3-4,8-10H2. The van der Waals surface area contributed by atoms with E-state index in [0.29, 0.717) is 13.0 Å². The summed E-state index contributed by atoms with van der Waals surface area (Å²) < 4.78 is 5.16. The minimum absolute atomic E-state index is 0.252. The molecule has 0 unspecified atom stereocenters. The molecule has 2 nitrogen and oxygen atoms in total. The Balaban J connectivity index is 2.61. The molecule has 0 N–H and O–H groups in total. The monoisotopic (exact) mass is 372 g/mol. The number of carbonyl (C=O) groups excluding carboxylic acids is 1. The van der Waals surface area contributed by atoms with Crippen LogP contribution in [0, 0.1) is 12.3 Å². The summed E-state index contributed by atoms with van der Waals surface area (Å²) >= 11 is 6.85. The minimum atomic E-state index is -0.252. The molecule has 0 bridgehead atoms. The SMILES string of the molecule is C#CCCC(=O)OCc1cc(CBr)cc(CBr)c1. The molecule has 0 saturated heterocycles. The van der Waals surface area contributed by atoms with E-state index in [4.69, 9.17) is 11.2 Å². The summed E-state index contributed by atoms with van der Waals surface area (Å²) in [5, 5.41) is 1.57. The summed E-state index contributed by atoms with van der Waals surface area (Å²) in [6, 6.07) is 6.15. The van der Waals surface area contributed by atoms with Gasteiger partial charge >= 0.3 is 5.97 Å². The lowest BCUT2D eigenvalue weighted by molar-refractivity contribution is -0.144. The minimum Gasteiger partial charge on any atom is -0.461 e. The Hall–Kier alpha value is -0.790. The van der Waals surface area contributed by atoms with Crippen molar-refractivity contribution >= 4 is 37.8 Å². The van der Waals surface area contributed by atoms with Crippen molar-refractivity contribution in [1.82, 2.24) is 0 Å².